The van der Waals surface area contributed by atoms with Crippen molar-refractivity contribution >= 4 is 121 Å². The quantitative estimate of drug-likeness (QED) is 0.0178. The molecular weight excluding hydrogens is 1990 g/mol. The van der Waals surface area contributed by atoms with Crippen LogP contribution < -0.4 is 108 Å². The van der Waals surface area contributed by atoms with Crippen molar-refractivity contribution in [2.45, 2.75) is 338 Å². The van der Waals surface area contributed by atoms with E-state index in [4.69, 9.17) is 0 Å². The summed E-state index contributed by atoms with van der Waals surface area (Å²) >= 11 is 9.81. The summed E-state index contributed by atoms with van der Waals surface area (Å²) in [4.78, 5) is 0. The smallest absolute Gasteiger partial charge is 0.235 e. The van der Waals surface area contributed by atoms with Gasteiger partial charge in [0.2, 0.25) is 53.6 Å². The first-order valence-corrected chi connectivity index (χ1v) is 51.3. The van der Waals surface area contributed by atoms with Gasteiger partial charge in [0, 0.05) is 172 Å². The van der Waals surface area contributed by atoms with Crippen LogP contribution in [0.3, 0.4) is 0 Å². The molecule has 15 aromatic rings. The van der Waals surface area contributed by atoms with E-state index in [-0.39, 0.29) is 79.4 Å². The maximum Gasteiger partial charge on any atom is 0.235 e. The first kappa shape index (κ1) is 115. The van der Waals surface area contributed by atoms with Crippen LogP contribution in [0.4, 0.5) is 0 Å². The van der Waals surface area contributed by atoms with Crippen molar-refractivity contribution in [3.05, 3.63) is 286 Å². The molecule has 7 aromatic carbocycles. The molecule has 8 aromatic heterocycles. The number of pyridine rings is 5. The average molecular weight is 2150 g/mol. The predicted molar refractivity (Wildman–Crippen MR) is 552 cm³/mol. The number of aryl methyl sites for hydroxylation is 17. The van der Waals surface area contributed by atoms with Gasteiger partial charge in [-0.1, -0.05) is 278 Å². The van der Waals surface area contributed by atoms with Crippen molar-refractivity contribution in [1.82, 2.24) is 0 Å². The molecule has 698 valence electrons. The lowest BCUT2D eigenvalue weighted by Gasteiger charge is -2.04. The molecule has 0 amide bonds. The van der Waals surface area contributed by atoms with Crippen molar-refractivity contribution in [3.8, 4) is 0 Å². The molecule has 0 fully saturated rings. The van der Waals surface area contributed by atoms with E-state index in [2.05, 4.69) is 397 Å². The second kappa shape index (κ2) is 66.0. The minimum Gasteiger partial charge on any atom is -1.00 e. The fourth-order valence-electron chi connectivity index (χ4n) is 16.4. The Hall–Kier alpha value is -6.46. The number of thiol groups is 1. The molecule has 8 nitrogen and oxygen atoms in total. The molecule has 0 aliphatic carbocycles. The summed E-state index contributed by atoms with van der Waals surface area (Å²) in [5.74, 6) is 0.897. The van der Waals surface area contributed by atoms with Crippen molar-refractivity contribution in [1.29, 1.82) is 0 Å². The number of aromatic nitrogens is 8. The van der Waals surface area contributed by atoms with E-state index in [9.17, 15) is 0 Å². The number of hydrogen-bond donors (Lipinski definition) is 1. The molecule has 0 N–H and O–H groups in total. The third kappa shape index (κ3) is 38.1. The molecule has 0 saturated heterocycles. The lowest BCUT2D eigenvalue weighted by Crippen LogP contribution is -3.00. The number of nitrogens with zero attached hydrogens (tertiary/aromatic N) is 8. The molecule has 0 aliphatic heterocycles. The van der Waals surface area contributed by atoms with E-state index >= 15 is 0 Å². The number of benzene rings is 7. The number of rotatable bonds is 35. The van der Waals surface area contributed by atoms with Gasteiger partial charge in [0.25, 0.3) is 0 Å². The summed E-state index contributed by atoms with van der Waals surface area (Å²) in [5.41, 5.74) is 17.7. The van der Waals surface area contributed by atoms with Crippen LogP contribution in [-0.4, -0.2) is 5.75 Å². The maximum absolute atomic E-state index is 4.14. The summed E-state index contributed by atoms with van der Waals surface area (Å²) in [6.45, 7) is 44.2. The van der Waals surface area contributed by atoms with Crippen LogP contribution in [0.15, 0.2) is 237 Å². The average Bonchev–Trinajstić information content (AvgIpc) is 1.69. The normalized spacial score (nSPS) is 10.6. The summed E-state index contributed by atoms with van der Waals surface area (Å²) < 4.78 is 23.1. The number of unbranched alkanes of at least 4 members (excludes halogenated alkanes) is 19. The van der Waals surface area contributed by atoms with E-state index in [1.807, 2.05) is 34.0 Å². The van der Waals surface area contributed by atoms with E-state index in [0.717, 1.165) is 58.1 Å². The first-order valence-electron chi connectivity index (χ1n) is 48.2. The largest absolute Gasteiger partial charge is 1.00 e. The number of fused-ring (bicyclic) bond motifs is 7. The molecule has 15 heteroatoms. The Bertz CT molecular complexity index is 5600. The molecular formula is C114H162I3N8S4+5. The highest BCUT2D eigenvalue weighted by Gasteiger charge is 2.20. The molecule has 8 heterocycles. The van der Waals surface area contributed by atoms with Gasteiger partial charge in [0.1, 0.15) is 59.9 Å². The predicted octanol–water partition coefficient (Wildman–Crippen LogP) is 20.7. The summed E-state index contributed by atoms with van der Waals surface area (Å²) in [5, 5.41) is 9.75. The van der Waals surface area contributed by atoms with Crippen LogP contribution in [0, 0.1) is 62.3 Å². The van der Waals surface area contributed by atoms with Crippen LogP contribution in [0.5, 0.6) is 0 Å². The highest BCUT2D eigenvalue weighted by Crippen LogP contribution is 2.25. The molecule has 0 radical (unpaired) electrons. The topological polar surface area (TPSA) is 31.0 Å². The second-order valence-corrected chi connectivity index (χ2v) is 38.3. The second-order valence-electron chi connectivity index (χ2n) is 34.1. The zero-order chi connectivity index (χ0) is 89.3. The minimum absolute atomic E-state index is 0. The van der Waals surface area contributed by atoms with Crippen LogP contribution >= 0.6 is 46.6 Å². The Morgan fingerprint density at radius 1 is 0.233 bits per heavy atom. The van der Waals surface area contributed by atoms with Gasteiger partial charge in [0.05, 0.1) is 0 Å². The molecule has 0 saturated carbocycles. The molecule has 0 atom stereocenters. The fraction of sp³-hybridized carbons (Fsp3) is 0.456. The number of hydrogen-bond acceptors (Lipinski definition) is 4. The lowest BCUT2D eigenvalue weighted by atomic mass is 10.1. The zero-order valence-corrected chi connectivity index (χ0v) is 91.0. The molecule has 0 unspecified atom stereocenters. The highest BCUT2D eigenvalue weighted by atomic mass is 127. The molecule has 0 aliphatic rings. The van der Waals surface area contributed by atoms with Crippen LogP contribution in [0.25, 0.3) is 74.3 Å². The van der Waals surface area contributed by atoms with E-state index in [0.29, 0.717) is 0 Å². The van der Waals surface area contributed by atoms with Crippen molar-refractivity contribution in [3.63, 3.8) is 0 Å². The minimum atomic E-state index is 0. The number of thiazole rings is 3. The van der Waals surface area contributed by atoms with Gasteiger partial charge in [-0.05, 0) is 130 Å². The summed E-state index contributed by atoms with van der Waals surface area (Å²) in [7, 11) is 0. The summed E-state index contributed by atoms with van der Waals surface area (Å²) in [6, 6.07) is 71.8. The highest BCUT2D eigenvalue weighted by molar-refractivity contribution is 7.80. The third-order valence-electron chi connectivity index (χ3n) is 23.7. The SMILES string of the molecule is C.CCCCCCCCCCCC[n+]1ccc(C)c2ccccc21.CCCCCCCCCCC[n+]1ccc(C)c2ccccc21.CCCC[n+]1c(C)sc2ccccc21.CCCC[n+]1ccc(C)c2ccccc21.CCC[n+]1c(C)sc2cc(C)ccc21.CCC[n+]1c(C)sc2ccccc21.CCC[n+]1ccc(C)c2ccccc21.Cc1cc[n+](CCS)cc1.[I-].[I-].[I-]. The van der Waals surface area contributed by atoms with Crippen LogP contribution in [0.2, 0.25) is 0 Å². The molecule has 0 spiro atoms. The molecule has 0 bridgehead atoms. The fourth-order valence-corrected chi connectivity index (χ4v) is 19.9. The van der Waals surface area contributed by atoms with E-state index in [1.165, 1.54) is 290 Å². The van der Waals surface area contributed by atoms with Gasteiger partial charge in [-0.25, -0.2) is 4.57 Å². The van der Waals surface area contributed by atoms with Crippen LogP contribution in [-0.2, 0) is 52.4 Å². The van der Waals surface area contributed by atoms with Crippen molar-refractivity contribution < 1.29 is 108 Å². The number of halogens is 3. The maximum atomic E-state index is 4.14. The molecule has 129 heavy (non-hydrogen) atoms. The monoisotopic (exact) mass is 2150 g/mol. The number of para-hydroxylation sites is 6. The van der Waals surface area contributed by atoms with Gasteiger partial charge in [0.15, 0.2) is 43.7 Å². The van der Waals surface area contributed by atoms with E-state index < -0.39 is 0 Å². The van der Waals surface area contributed by atoms with Crippen molar-refractivity contribution in [2.75, 3.05) is 5.75 Å². The zero-order valence-electron chi connectivity index (χ0n) is 81.1. The van der Waals surface area contributed by atoms with Gasteiger partial charge >= 0.3 is 0 Å². The van der Waals surface area contributed by atoms with Crippen molar-refractivity contribution in [2.24, 2.45) is 0 Å². The first-order chi connectivity index (χ1) is 61.0. The van der Waals surface area contributed by atoms with Gasteiger partial charge in [-0.3, -0.25) is 0 Å². The van der Waals surface area contributed by atoms with Crippen LogP contribution in [0.1, 0.15) is 271 Å². The third-order valence-corrected chi connectivity index (χ3v) is 27.1. The van der Waals surface area contributed by atoms with Gasteiger partial charge in [-0.2, -0.15) is 44.6 Å². The Kier molecular flexibility index (Phi) is 58.8. The Morgan fingerprint density at radius 3 is 0.853 bits per heavy atom. The Morgan fingerprint density at radius 2 is 0.512 bits per heavy atom. The lowest BCUT2D eigenvalue weighted by molar-refractivity contribution is -0.692. The van der Waals surface area contributed by atoms with Gasteiger partial charge < -0.3 is 71.9 Å². The standard InChI is InChI=1S/C22H34N.C21H32N.C14H18N.C13H16N.2C12H16NS.C11H14NS.C8H11NS.CH4.3HI/c1-3-4-5-6-7-8-9-10-11-14-18-23-19-17-20(2)21-15-12-13-16-22(21)23;1-3-4-5-6-7-8-9-10-13-17-22-18-16-19(2)20-14-11-12-15-21(20)22;1-3-4-10-15-11-9-12(2)13-7-5-6-8-14(13)15;1-3-9-14-10-8-11(2)12-6-4-5-7-13(12)14;1-4-7-13-10(3)14-12-8-9(2)5-6-11(12)13;1-3-4-9-13-10(2)14-12-8-6-5-7-11(12)13;1-3-8-12-9(2)13-11-7-5-4-6-10(11)12;1-8-2-4-9(5-3-8)6-7-10;;;;/h12-13,15-17,19H,3-11,14,18H2,1-2H3;11-12,14-16,18H,3-10,13,17H2,1-2H3;5-9,11H,3-4,10H2,1-2H3;4-8,10H,3,9H2,1-2H3;5-6,8H,4,7H2,1-3H3;5-8H,3-4,9H2,1-2H3;4-7H,3,8H2,1-2H3;2-5H,6-7H2,1H3;1H4;3*1H/q7*+1;;;;;/p-2. The molecule has 15 rings (SSSR count). The summed E-state index contributed by atoms with van der Waals surface area (Å²) in [6.07, 6.45) is 48.2. The Labute approximate surface area is 850 Å². The Balaban J connectivity index is 0.000000311. The van der Waals surface area contributed by atoms with Gasteiger partial charge in [-0.15, -0.1) is 0 Å². The van der Waals surface area contributed by atoms with E-state index in [1.54, 1.807) is 0 Å².